The van der Waals surface area contributed by atoms with E-state index in [2.05, 4.69) is 10.3 Å². The van der Waals surface area contributed by atoms with Crippen LogP contribution in [0.25, 0.3) is 0 Å². The van der Waals surface area contributed by atoms with Crippen LogP contribution < -0.4 is 5.48 Å². The maximum atomic E-state index is 12.1. The van der Waals surface area contributed by atoms with Crippen LogP contribution in [-0.2, 0) is 14.4 Å². The van der Waals surface area contributed by atoms with Gasteiger partial charge in [0.25, 0.3) is 11.8 Å². The van der Waals surface area contributed by atoms with E-state index in [1.165, 1.54) is 7.11 Å². The molecule has 96 valence electrons. The zero-order valence-electron chi connectivity index (χ0n) is 10.4. The van der Waals surface area contributed by atoms with E-state index >= 15 is 0 Å². The average Bonchev–Trinajstić information content (AvgIpc) is 2.77. The number of hydrogen-bond donors (Lipinski definition) is 1. The minimum atomic E-state index is -0.437. The summed E-state index contributed by atoms with van der Waals surface area (Å²) >= 11 is 1.57. The molecule has 2 amide bonds. The molecule has 1 atom stereocenters. The number of allylic oxidation sites excluding steroid dienone is 1. The van der Waals surface area contributed by atoms with Gasteiger partial charge in [0.05, 0.1) is 13.0 Å². The summed E-state index contributed by atoms with van der Waals surface area (Å²) in [6.45, 7) is 3.75. The van der Waals surface area contributed by atoms with E-state index in [4.69, 9.17) is 0 Å². The van der Waals surface area contributed by atoms with Crippen molar-refractivity contribution in [3.05, 3.63) is 11.6 Å². The molecular weight excluding hydrogens is 240 g/mol. The number of rotatable bonds is 4. The molecule has 1 saturated heterocycles. The summed E-state index contributed by atoms with van der Waals surface area (Å²) in [6.07, 6.45) is 2.68. The highest BCUT2D eigenvalue weighted by Gasteiger charge is 2.34. The molecule has 0 spiro atoms. The van der Waals surface area contributed by atoms with Gasteiger partial charge in [0.1, 0.15) is 6.04 Å². The first kappa shape index (κ1) is 14.1. The topological polar surface area (TPSA) is 58.6 Å². The minimum absolute atomic E-state index is 0.0758. The largest absolute Gasteiger partial charge is 0.317 e. The smallest absolute Gasteiger partial charge is 0.267 e. The van der Waals surface area contributed by atoms with Crippen molar-refractivity contribution in [2.45, 2.75) is 26.3 Å². The Kier molecular flexibility index (Phi) is 5.50. The zero-order valence-corrected chi connectivity index (χ0v) is 11.2. The van der Waals surface area contributed by atoms with E-state index in [0.717, 1.165) is 6.42 Å². The molecule has 5 nitrogen and oxygen atoms in total. The summed E-state index contributed by atoms with van der Waals surface area (Å²) in [5.74, 6) is 0.818. The van der Waals surface area contributed by atoms with Gasteiger partial charge in [-0.25, -0.2) is 5.48 Å². The first-order chi connectivity index (χ1) is 8.11. The van der Waals surface area contributed by atoms with Crippen molar-refractivity contribution in [3.63, 3.8) is 0 Å². The Morgan fingerprint density at radius 1 is 1.59 bits per heavy atom. The van der Waals surface area contributed by atoms with Crippen LogP contribution in [0, 0.1) is 0 Å². The predicted molar refractivity (Wildman–Crippen MR) is 67.2 cm³/mol. The highest BCUT2D eigenvalue weighted by atomic mass is 32.2. The SMILES string of the molecule is CC/C=C(\C)C(=O)N1CSC[C@H]1C(=O)NOC. The molecule has 0 aliphatic carbocycles. The molecule has 1 aliphatic rings. The number of nitrogens with zero attached hydrogens (tertiary/aromatic N) is 1. The number of hydrogen-bond acceptors (Lipinski definition) is 4. The highest BCUT2D eigenvalue weighted by Crippen LogP contribution is 2.23. The molecule has 0 aromatic carbocycles. The first-order valence-electron chi connectivity index (χ1n) is 5.50. The lowest BCUT2D eigenvalue weighted by molar-refractivity contribution is -0.141. The van der Waals surface area contributed by atoms with Crippen LogP contribution >= 0.6 is 11.8 Å². The van der Waals surface area contributed by atoms with Gasteiger partial charge in [-0.2, -0.15) is 0 Å². The van der Waals surface area contributed by atoms with Gasteiger partial charge in [0, 0.05) is 11.3 Å². The molecule has 1 N–H and O–H groups in total. The van der Waals surface area contributed by atoms with E-state index in [9.17, 15) is 9.59 Å². The van der Waals surface area contributed by atoms with Crippen molar-refractivity contribution in [2.75, 3.05) is 18.7 Å². The van der Waals surface area contributed by atoms with Gasteiger partial charge in [-0.1, -0.05) is 13.0 Å². The Bertz CT molecular complexity index is 331. The second kappa shape index (κ2) is 6.66. The van der Waals surface area contributed by atoms with E-state index in [1.807, 2.05) is 13.0 Å². The van der Waals surface area contributed by atoms with Gasteiger partial charge in [0.15, 0.2) is 0 Å². The summed E-state index contributed by atoms with van der Waals surface area (Å²) in [6, 6.07) is -0.437. The Labute approximate surface area is 106 Å². The van der Waals surface area contributed by atoms with Crippen molar-refractivity contribution in [1.29, 1.82) is 0 Å². The molecule has 0 aromatic heterocycles. The van der Waals surface area contributed by atoms with Gasteiger partial charge in [-0.15, -0.1) is 11.8 Å². The molecule has 0 saturated carbocycles. The van der Waals surface area contributed by atoms with Crippen LogP contribution in [0.3, 0.4) is 0 Å². The standard InChI is InChI=1S/C11H18N2O3S/c1-4-5-8(2)11(15)13-7-17-6-9(13)10(14)12-16-3/h5,9H,4,6-7H2,1-3H3,(H,12,14)/b8-5+/t9-/m0/s1. The highest BCUT2D eigenvalue weighted by molar-refractivity contribution is 7.99. The lowest BCUT2D eigenvalue weighted by Gasteiger charge is -2.22. The van der Waals surface area contributed by atoms with E-state index in [-0.39, 0.29) is 11.8 Å². The fraction of sp³-hybridized carbons (Fsp3) is 0.636. The fourth-order valence-corrected chi connectivity index (χ4v) is 2.80. The van der Waals surface area contributed by atoms with Crippen LogP contribution in [-0.4, -0.2) is 41.5 Å². The molecule has 0 aromatic rings. The maximum absolute atomic E-state index is 12.1. The monoisotopic (exact) mass is 258 g/mol. The van der Waals surface area contributed by atoms with Crippen molar-refractivity contribution >= 4 is 23.6 Å². The number of nitrogens with one attached hydrogen (secondary N) is 1. The third-order valence-corrected chi connectivity index (χ3v) is 3.51. The Morgan fingerprint density at radius 2 is 2.29 bits per heavy atom. The normalized spacial score (nSPS) is 20.5. The van der Waals surface area contributed by atoms with Gasteiger partial charge in [-0.05, 0) is 13.3 Å². The van der Waals surface area contributed by atoms with Gasteiger partial charge < -0.3 is 4.90 Å². The molecular formula is C11H18N2O3S. The van der Waals surface area contributed by atoms with Crippen molar-refractivity contribution in [3.8, 4) is 0 Å². The second-order valence-corrected chi connectivity index (χ2v) is 4.76. The summed E-state index contributed by atoms with van der Waals surface area (Å²) < 4.78 is 0. The summed E-state index contributed by atoms with van der Waals surface area (Å²) in [5, 5.41) is 0. The molecule has 6 heteroatoms. The van der Waals surface area contributed by atoms with Crippen LogP contribution in [0.1, 0.15) is 20.3 Å². The number of carbonyl (C=O) groups is 2. The van der Waals surface area contributed by atoms with Crippen LogP contribution in [0.15, 0.2) is 11.6 Å². The zero-order chi connectivity index (χ0) is 12.8. The third kappa shape index (κ3) is 3.47. The van der Waals surface area contributed by atoms with Crippen molar-refractivity contribution < 1.29 is 14.4 Å². The average molecular weight is 258 g/mol. The lowest BCUT2D eigenvalue weighted by atomic mass is 10.2. The van der Waals surface area contributed by atoms with E-state index in [1.54, 1.807) is 23.6 Å². The van der Waals surface area contributed by atoms with Crippen molar-refractivity contribution in [2.24, 2.45) is 0 Å². The maximum Gasteiger partial charge on any atom is 0.267 e. The molecule has 17 heavy (non-hydrogen) atoms. The Balaban J connectivity index is 2.72. The molecule has 0 radical (unpaired) electrons. The summed E-state index contributed by atoms with van der Waals surface area (Å²) in [5.41, 5.74) is 2.96. The minimum Gasteiger partial charge on any atom is -0.317 e. The summed E-state index contributed by atoms with van der Waals surface area (Å²) in [7, 11) is 1.38. The molecule has 1 heterocycles. The molecule has 1 aliphatic heterocycles. The molecule has 1 fully saturated rings. The second-order valence-electron chi connectivity index (χ2n) is 3.76. The van der Waals surface area contributed by atoms with Crippen LogP contribution in [0.2, 0.25) is 0 Å². The number of carbonyl (C=O) groups excluding carboxylic acids is 2. The molecule has 0 bridgehead atoms. The quantitative estimate of drug-likeness (QED) is 0.602. The predicted octanol–water partition coefficient (Wildman–Crippen LogP) is 0.922. The van der Waals surface area contributed by atoms with Crippen LogP contribution in [0.4, 0.5) is 0 Å². The van der Waals surface area contributed by atoms with Gasteiger partial charge in [0.2, 0.25) is 0 Å². The first-order valence-corrected chi connectivity index (χ1v) is 6.65. The van der Waals surface area contributed by atoms with Gasteiger partial charge >= 0.3 is 0 Å². The third-order valence-electron chi connectivity index (χ3n) is 2.50. The number of thioether (sulfide) groups is 1. The fourth-order valence-electron chi connectivity index (χ4n) is 1.65. The van der Waals surface area contributed by atoms with Crippen LogP contribution in [0.5, 0.6) is 0 Å². The van der Waals surface area contributed by atoms with Gasteiger partial charge in [-0.3, -0.25) is 14.4 Å². The summed E-state index contributed by atoms with van der Waals surface area (Å²) in [4.78, 5) is 29.9. The Hall–Kier alpha value is -1.01. The molecule has 1 rings (SSSR count). The lowest BCUT2D eigenvalue weighted by Crippen LogP contribution is -2.47. The van der Waals surface area contributed by atoms with E-state index in [0.29, 0.717) is 17.2 Å². The molecule has 0 unspecified atom stereocenters. The number of hydroxylamine groups is 1. The number of amides is 2. The van der Waals surface area contributed by atoms with E-state index < -0.39 is 6.04 Å². The van der Waals surface area contributed by atoms with Crippen molar-refractivity contribution in [1.82, 2.24) is 10.4 Å². The Morgan fingerprint density at radius 3 is 2.88 bits per heavy atom.